The van der Waals surface area contributed by atoms with E-state index in [1.807, 2.05) is 30.5 Å². The number of thioether (sulfide) groups is 1. The van der Waals surface area contributed by atoms with E-state index in [1.165, 1.54) is 17.8 Å². The monoisotopic (exact) mass is 439 g/mol. The molecule has 2 N–H and O–H groups in total. The number of hydrogen-bond acceptors (Lipinski definition) is 4. The molecule has 9 heteroatoms. The van der Waals surface area contributed by atoms with Gasteiger partial charge in [0, 0.05) is 34.8 Å². The van der Waals surface area contributed by atoms with Crippen molar-refractivity contribution in [1.82, 2.24) is 19.7 Å². The van der Waals surface area contributed by atoms with Crippen LogP contribution in [-0.2, 0) is 4.79 Å². The van der Waals surface area contributed by atoms with Crippen LogP contribution >= 0.6 is 11.8 Å². The molecule has 1 unspecified atom stereocenters. The molecule has 0 saturated heterocycles. The van der Waals surface area contributed by atoms with Crippen LogP contribution in [0, 0.1) is 11.6 Å². The number of halogens is 2. The molecule has 0 spiro atoms. The predicted molar refractivity (Wildman–Crippen MR) is 116 cm³/mol. The van der Waals surface area contributed by atoms with Gasteiger partial charge in [0.25, 0.3) is 0 Å². The van der Waals surface area contributed by atoms with Gasteiger partial charge in [0.1, 0.15) is 11.6 Å². The molecule has 2 aromatic carbocycles. The van der Waals surface area contributed by atoms with Crippen LogP contribution in [0.4, 0.5) is 14.5 Å². The van der Waals surface area contributed by atoms with Gasteiger partial charge in [-0.1, -0.05) is 30.0 Å². The number of carbonyl (C=O) groups excluding carboxylic acids is 1. The number of hydrogen-bond donors (Lipinski definition) is 2. The smallest absolute Gasteiger partial charge is 0.237 e. The van der Waals surface area contributed by atoms with Gasteiger partial charge >= 0.3 is 0 Å². The number of aromatic nitrogens is 4. The van der Waals surface area contributed by atoms with Gasteiger partial charge in [-0.15, -0.1) is 10.2 Å². The zero-order chi connectivity index (χ0) is 21.5. The molecule has 6 nitrogen and oxygen atoms in total. The Morgan fingerprint density at radius 1 is 1.23 bits per heavy atom. The Bertz CT molecular complexity index is 1280. The summed E-state index contributed by atoms with van der Waals surface area (Å²) in [6.07, 6.45) is 3.99. The maximum Gasteiger partial charge on any atom is 0.237 e. The number of benzene rings is 2. The molecule has 1 atom stereocenters. The van der Waals surface area contributed by atoms with Crippen molar-refractivity contribution in [3.8, 4) is 11.4 Å². The van der Waals surface area contributed by atoms with Crippen LogP contribution in [-0.4, -0.2) is 30.9 Å². The molecular weight excluding hydrogens is 420 g/mol. The van der Waals surface area contributed by atoms with Gasteiger partial charge in [-0.25, -0.2) is 8.78 Å². The number of rotatable bonds is 6. The lowest BCUT2D eigenvalue weighted by Gasteiger charge is -2.13. The van der Waals surface area contributed by atoms with Gasteiger partial charge in [0.05, 0.1) is 10.9 Å². The van der Waals surface area contributed by atoms with Gasteiger partial charge in [0.15, 0.2) is 11.0 Å². The molecule has 5 rings (SSSR count). The van der Waals surface area contributed by atoms with E-state index in [2.05, 4.69) is 25.1 Å². The second-order valence-electron chi connectivity index (χ2n) is 7.53. The van der Waals surface area contributed by atoms with E-state index in [9.17, 15) is 13.6 Å². The highest BCUT2D eigenvalue weighted by Gasteiger charge is 2.32. The van der Waals surface area contributed by atoms with Crippen LogP contribution in [0.2, 0.25) is 0 Å². The summed E-state index contributed by atoms with van der Waals surface area (Å²) in [5.74, 6) is -1.14. The standard InChI is InChI=1S/C22H19F2N5OS/c1-12(21(30)26-19-9-6-13(23)10-17(19)24)31-22-28-27-20(29(22)14-7-8-14)16-11-25-18-5-3-2-4-15(16)18/h2-6,9-12,14,25H,7-8H2,1H3,(H,26,30). The zero-order valence-corrected chi connectivity index (χ0v) is 17.4. The zero-order valence-electron chi connectivity index (χ0n) is 16.6. The summed E-state index contributed by atoms with van der Waals surface area (Å²) in [5.41, 5.74) is 1.93. The van der Waals surface area contributed by atoms with Crippen LogP contribution in [0.15, 0.2) is 53.8 Å². The Kier molecular flexibility index (Phi) is 4.97. The van der Waals surface area contributed by atoms with Crippen molar-refractivity contribution in [3.63, 3.8) is 0 Å². The quantitative estimate of drug-likeness (QED) is 0.407. The Morgan fingerprint density at radius 2 is 2.03 bits per heavy atom. The molecule has 0 aliphatic heterocycles. The van der Waals surface area contributed by atoms with E-state index in [1.54, 1.807) is 6.92 Å². The number of carbonyl (C=O) groups is 1. The third-order valence-corrected chi connectivity index (χ3v) is 6.30. The lowest BCUT2D eigenvalue weighted by molar-refractivity contribution is -0.115. The van der Waals surface area contributed by atoms with E-state index in [-0.39, 0.29) is 5.69 Å². The molecule has 1 fully saturated rings. The van der Waals surface area contributed by atoms with Gasteiger partial charge < -0.3 is 10.3 Å². The third kappa shape index (κ3) is 3.81. The number of anilines is 1. The second-order valence-corrected chi connectivity index (χ2v) is 8.84. The highest BCUT2D eigenvalue weighted by atomic mass is 32.2. The van der Waals surface area contributed by atoms with E-state index >= 15 is 0 Å². The highest BCUT2D eigenvalue weighted by Crippen LogP contribution is 2.42. The number of aromatic amines is 1. The van der Waals surface area contributed by atoms with Crippen molar-refractivity contribution in [2.24, 2.45) is 0 Å². The summed E-state index contributed by atoms with van der Waals surface area (Å²) in [5, 5.41) is 12.5. The van der Waals surface area contributed by atoms with Gasteiger partial charge in [-0.05, 0) is 38.0 Å². The first kappa shape index (κ1) is 19.7. The van der Waals surface area contributed by atoms with Crippen molar-refractivity contribution < 1.29 is 13.6 Å². The van der Waals surface area contributed by atoms with Crippen LogP contribution in [0.5, 0.6) is 0 Å². The molecule has 1 aliphatic rings. The number of H-pyrrole nitrogens is 1. The Morgan fingerprint density at radius 3 is 2.81 bits per heavy atom. The van der Waals surface area contributed by atoms with Crippen molar-refractivity contribution in [2.45, 2.75) is 36.2 Å². The first-order chi connectivity index (χ1) is 15.0. The average molecular weight is 439 g/mol. The Hall–Kier alpha value is -3.20. The van der Waals surface area contributed by atoms with Gasteiger partial charge in [0.2, 0.25) is 5.91 Å². The number of amides is 1. The molecule has 1 amide bonds. The molecule has 158 valence electrons. The van der Waals surface area contributed by atoms with E-state index in [4.69, 9.17) is 0 Å². The van der Waals surface area contributed by atoms with E-state index in [0.717, 1.165) is 47.3 Å². The Balaban J connectivity index is 1.40. The largest absolute Gasteiger partial charge is 0.360 e. The van der Waals surface area contributed by atoms with Crippen molar-refractivity contribution in [2.75, 3.05) is 5.32 Å². The minimum absolute atomic E-state index is 0.0537. The lowest BCUT2D eigenvalue weighted by atomic mass is 10.1. The summed E-state index contributed by atoms with van der Waals surface area (Å²) in [6.45, 7) is 1.72. The fourth-order valence-electron chi connectivity index (χ4n) is 3.50. The second kappa shape index (κ2) is 7.81. The molecular formula is C22H19F2N5OS. The van der Waals surface area contributed by atoms with E-state index < -0.39 is 22.8 Å². The number of para-hydroxylation sites is 1. The van der Waals surface area contributed by atoms with Crippen LogP contribution in [0.1, 0.15) is 25.8 Å². The van der Waals surface area contributed by atoms with Gasteiger partial charge in [-0.2, -0.15) is 0 Å². The van der Waals surface area contributed by atoms with Crippen LogP contribution in [0.3, 0.4) is 0 Å². The number of nitrogens with zero attached hydrogens (tertiary/aromatic N) is 3. The lowest BCUT2D eigenvalue weighted by Crippen LogP contribution is -2.23. The minimum Gasteiger partial charge on any atom is -0.360 e. The Labute approximate surface area is 181 Å². The molecule has 0 bridgehead atoms. The fourth-order valence-corrected chi connectivity index (χ4v) is 4.42. The molecule has 2 aromatic heterocycles. The average Bonchev–Trinajstić information content (AvgIpc) is 3.37. The van der Waals surface area contributed by atoms with Crippen molar-refractivity contribution >= 4 is 34.3 Å². The first-order valence-corrected chi connectivity index (χ1v) is 10.8. The first-order valence-electron chi connectivity index (χ1n) is 9.95. The summed E-state index contributed by atoms with van der Waals surface area (Å²) in [6, 6.07) is 11.3. The molecule has 1 aliphatic carbocycles. The van der Waals surface area contributed by atoms with Crippen molar-refractivity contribution in [1.29, 1.82) is 0 Å². The third-order valence-electron chi connectivity index (χ3n) is 5.25. The van der Waals surface area contributed by atoms with Crippen molar-refractivity contribution in [3.05, 3.63) is 60.3 Å². The maximum absolute atomic E-state index is 13.9. The molecule has 1 saturated carbocycles. The topological polar surface area (TPSA) is 75.6 Å². The molecule has 2 heterocycles. The summed E-state index contributed by atoms with van der Waals surface area (Å²) >= 11 is 1.27. The summed E-state index contributed by atoms with van der Waals surface area (Å²) in [4.78, 5) is 15.9. The number of nitrogens with one attached hydrogen (secondary N) is 2. The summed E-state index contributed by atoms with van der Waals surface area (Å²) < 4.78 is 29.1. The number of fused-ring (bicyclic) bond motifs is 1. The van der Waals surface area contributed by atoms with Crippen LogP contribution in [0.25, 0.3) is 22.3 Å². The minimum atomic E-state index is -0.812. The SMILES string of the molecule is CC(Sc1nnc(-c2c[nH]c3ccccc23)n1C1CC1)C(=O)Nc1ccc(F)cc1F. The van der Waals surface area contributed by atoms with Crippen LogP contribution < -0.4 is 5.32 Å². The molecule has 4 aromatic rings. The predicted octanol–water partition coefficient (Wildman–Crippen LogP) is 5.16. The van der Waals surface area contributed by atoms with E-state index in [0.29, 0.717) is 11.2 Å². The maximum atomic E-state index is 13.9. The van der Waals surface area contributed by atoms with Gasteiger partial charge in [-0.3, -0.25) is 9.36 Å². The highest BCUT2D eigenvalue weighted by molar-refractivity contribution is 8.00. The molecule has 0 radical (unpaired) electrons. The molecule has 31 heavy (non-hydrogen) atoms. The normalized spacial score (nSPS) is 14.7. The summed E-state index contributed by atoms with van der Waals surface area (Å²) in [7, 11) is 0. The fraction of sp³-hybridized carbons (Fsp3) is 0.227.